The van der Waals surface area contributed by atoms with Gasteiger partial charge < -0.3 is 14.6 Å². The summed E-state index contributed by atoms with van der Waals surface area (Å²) in [6.07, 6.45) is 0. The number of amides is 1. The number of ether oxygens (including phenoxy) is 1. The average molecular weight is 391 g/mol. The summed E-state index contributed by atoms with van der Waals surface area (Å²) in [5.74, 6) is 0.829. The number of hydrogen-bond donors (Lipinski definition) is 1. The van der Waals surface area contributed by atoms with E-state index in [9.17, 15) is 9.59 Å². The smallest absolute Gasteiger partial charge is 0.256 e. The van der Waals surface area contributed by atoms with Crippen LogP contribution < -0.4 is 10.3 Å². The molecule has 0 bridgehead atoms. The van der Waals surface area contributed by atoms with Crippen LogP contribution in [0.3, 0.4) is 0 Å². The van der Waals surface area contributed by atoms with Gasteiger partial charge in [0.1, 0.15) is 12.4 Å². The number of aromatic amines is 1. The van der Waals surface area contributed by atoms with Crippen LogP contribution in [-0.4, -0.2) is 60.0 Å². The first-order valence-corrected chi connectivity index (χ1v) is 9.93. The SMILES string of the molecule is CC(=O)N1CCN(CCOc2ccc3cc(-c4ccccc4)[nH]c(=O)c3c2)CC1. The fourth-order valence-electron chi connectivity index (χ4n) is 3.68. The maximum absolute atomic E-state index is 12.6. The van der Waals surface area contributed by atoms with E-state index in [1.807, 2.05) is 53.4 Å². The molecule has 1 aromatic heterocycles. The molecule has 150 valence electrons. The Labute approximate surface area is 169 Å². The van der Waals surface area contributed by atoms with Crippen molar-refractivity contribution in [2.45, 2.75) is 6.92 Å². The Morgan fingerprint density at radius 3 is 2.52 bits per heavy atom. The van der Waals surface area contributed by atoms with E-state index in [0.29, 0.717) is 17.7 Å². The van der Waals surface area contributed by atoms with Gasteiger partial charge in [0.25, 0.3) is 5.56 Å². The van der Waals surface area contributed by atoms with Crippen molar-refractivity contribution in [3.8, 4) is 17.0 Å². The van der Waals surface area contributed by atoms with Gasteiger partial charge in [-0.25, -0.2) is 0 Å². The average Bonchev–Trinajstić information content (AvgIpc) is 2.75. The number of rotatable bonds is 5. The molecule has 1 saturated heterocycles. The van der Waals surface area contributed by atoms with Gasteiger partial charge in [-0.05, 0) is 29.1 Å². The Morgan fingerprint density at radius 1 is 1.03 bits per heavy atom. The van der Waals surface area contributed by atoms with E-state index in [1.165, 1.54) is 0 Å². The number of fused-ring (bicyclic) bond motifs is 1. The molecule has 1 N–H and O–H groups in total. The summed E-state index contributed by atoms with van der Waals surface area (Å²) in [6.45, 7) is 6.22. The van der Waals surface area contributed by atoms with Crippen LogP contribution in [0.5, 0.6) is 5.75 Å². The van der Waals surface area contributed by atoms with Gasteiger partial charge in [-0.2, -0.15) is 0 Å². The Kier molecular flexibility index (Phi) is 5.62. The van der Waals surface area contributed by atoms with Gasteiger partial charge in [-0.15, -0.1) is 0 Å². The molecule has 6 heteroatoms. The molecule has 1 aliphatic heterocycles. The molecule has 2 aromatic carbocycles. The first kappa shape index (κ1) is 19.2. The van der Waals surface area contributed by atoms with Gasteiger partial charge in [-0.1, -0.05) is 36.4 Å². The van der Waals surface area contributed by atoms with Crippen LogP contribution in [0.15, 0.2) is 59.4 Å². The molecular formula is C23H25N3O3. The number of piperazine rings is 1. The first-order valence-electron chi connectivity index (χ1n) is 9.93. The summed E-state index contributed by atoms with van der Waals surface area (Å²) in [7, 11) is 0. The number of benzene rings is 2. The molecular weight excluding hydrogens is 366 g/mol. The van der Waals surface area contributed by atoms with E-state index in [2.05, 4.69) is 9.88 Å². The summed E-state index contributed by atoms with van der Waals surface area (Å²) in [5, 5.41) is 1.51. The van der Waals surface area contributed by atoms with E-state index in [4.69, 9.17) is 4.74 Å². The third kappa shape index (κ3) is 4.49. The predicted molar refractivity (Wildman–Crippen MR) is 114 cm³/mol. The molecule has 3 aromatic rings. The summed E-state index contributed by atoms with van der Waals surface area (Å²) in [4.78, 5) is 31.1. The van der Waals surface area contributed by atoms with E-state index < -0.39 is 0 Å². The van der Waals surface area contributed by atoms with Gasteiger partial charge in [0.05, 0.1) is 5.39 Å². The van der Waals surface area contributed by atoms with Crippen LogP contribution in [0.4, 0.5) is 0 Å². The zero-order chi connectivity index (χ0) is 20.2. The molecule has 2 heterocycles. The minimum absolute atomic E-state index is 0.118. The summed E-state index contributed by atoms with van der Waals surface area (Å²) >= 11 is 0. The third-order valence-corrected chi connectivity index (χ3v) is 5.40. The lowest BCUT2D eigenvalue weighted by molar-refractivity contribution is -0.130. The number of H-pyrrole nitrogens is 1. The predicted octanol–water partition coefficient (Wildman–Crippen LogP) is 2.74. The van der Waals surface area contributed by atoms with Gasteiger partial charge in [0.15, 0.2) is 0 Å². The molecule has 0 saturated carbocycles. The topological polar surface area (TPSA) is 65.6 Å². The van der Waals surface area contributed by atoms with E-state index in [1.54, 1.807) is 13.0 Å². The number of nitrogens with one attached hydrogen (secondary N) is 1. The van der Waals surface area contributed by atoms with Gasteiger partial charge in [0, 0.05) is 45.3 Å². The molecule has 6 nitrogen and oxygen atoms in total. The van der Waals surface area contributed by atoms with Crippen LogP contribution in [0.25, 0.3) is 22.0 Å². The summed E-state index contributed by atoms with van der Waals surface area (Å²) < 4.78 is 5.89. The van der Waals surface area contributed by atoms with E-state index >= 15 is 0 Å². The van der Waals surface area contributed by atoms with Crippen LogP contribution in [0, 0.1) is 0 Å². The molecule has 0 radical (unpaired) electrons. The Bertz CT molecular complexity index is 1050. The maximum Gasteiger partial charge on any atom is 0.256 e. The van der Waals surface area contributed by atoms with Crippen molar-refractivity contribution in [3.05, 3.63) is 65.0 Å². The molecule has 0 aliphatic carbocycles. The van der Waals surface area contributed by atoms with Crippen LogP contribution in [-0.2, 0) is 4.79 Å². The molecule has 1 aliphatic rings. The second-order valence-electron chi connectivity index (χ2n) is 7.32. The van der Waals surface area contributed by atoms with Crippen LogP contribution in [0.1, 0.15) is 6.92 Å². The lowest BCUT2D eigenvalue weighted by Gasteiger charge is -2.34. The fourth-order valence-corrected chi connectivity index (χ4v) is 3.68. The minimum atomic E-state index is -0.118. The quantitative estimate of drug-likeness (QED) is 0.726. The van der Waals surface area contributed by atoms with Crippen molar-refractivity contribution < 1.29 is 9.53 Å². The summed E-state index contributed by atoms with van der Waals surface area (Å²) in [6, 6.07) is 17.4. The van der Waals surface area contributed by atoms with Gasteiger partial charge in [-0.3, -0.25) is 14.5 Å². The van der Waals surface area contributed by atoms with Gasteiger partial charge in [0.2, 0.25) is 5.91 Å². The first-order chi connectivity index (χ1) is 14.1. The highest BCUT2D eigenvalue weighted by Crippen LogP contribution is 2.23. The molecule has 1 fully saturated rings. The Morgan fingerprint density at radius 2 is 1.79 bits per heavy atom. The summed E-state index contributed by atoms with van der Waals surface area (Å²) in [5.41, 5.74) is 1.67. The lowest BCUT2D eigenvalue weighted by Crippen LogP contribution is -2.48. The molecule has 0 spiro atoms. The third-order valence-electron chi connectivity index (χ3n) is 5.40. The fraction of sp³-hybridized carbons (Fsp3) is 0.304. The normalized spacial score (nSPS) is 14.9. The highest BCUT2D eigenvalue weighted by atomic mass is 16.5. The van der Waals surface area contributed by atoms with E-state index in [0.717, 1.165) is 49.4 Å². The van der Waals surface area contributed by atoms with Gasteiger partial charge >= 0.3 is 0 Å². The highest BCUT2D eigenvalue weighted by molar-refractivity contribution is 5.86. The monoisotopic (exact) mass is 391 g/mol. The molecule has 0 unspecified atom stereocenters. The largest absolute Gasteiger partial charge is 0.492 e. The zero-order valence-corrected chi connectivity index (χ0v) is 16.6. The highest BCUT2D eigenvalue weighted by Gasteiger charge is 2.18. The van der Waals surface area contributed by atoms with Crippen molar-refractivity contribution in [1.82, 2.24) is 14.8 Å². The molecule has 29 heavy (non-hydrogen) atoms. The van der Waals surface area contributed by atoms with Crippen molar-refractivity contribution in [3.63, 3.8) is 0 Å². The second-order valence-corrected chi connectivity index (χ2v) is 7.32. The molecule has 1 amide bonds. The van der Waals surface area contributed by atoms with Crippen molar-refractivity contribution >= 4 is 16.7 Å². The van der Waals surface area contributed by atoms with Crippen molar-refractivity contribution in [1.29, 1.82) is 0 Å². The number of carbonyl (C=O) groups excluding carboxylic acids is 1. The molecule has 0 atom stereocenters. The Hall–Kier alpha value is -3.12. The number of carbonyl (C=O) groups is 1. The zero-order valence-electron chi connectivity index (χ0n) is 16.6. The second kappa shape index (κ2) is 8.49. The molecule has 4 rings (SSSR count). The van der Waals surface area contributed by atoms with Crippen LogP contribution in [0.2, 0.25) is 0 Å². The lowest BCUT2D eigenvalue weighted by atomic mass is 10.1. The number of pyridine rings is 1. The number of aromatic nitrogens is 1. The minimum Gasteiger partial charge on any atom is -0.492 e. The standard InChI is InChI=1S/C23H25N3O3/c1-17(27)26-11-9-25(10-12-26)13-14-29-20-8-7-19-15-22(18-5-3-2-4-6-18)24-23(28)21(19)16-20/h2-8,15-16H,9-14H2,1H3,(H,24,28). The number of nitrogens with zero attached hydrogens (tertiary/aromatic N) is 2. The van der Waals surface area contributed by atoms with E-state index in [-0.39, 0.29) is 11.5 Å². The van der Waals surface area contributed by atoms with Crippen molar-refractivity contribution in [2.24, 2.45) is 0 Å². The Balaban J connectivity index is 1.40. The van der Waals surface area contributed by atoms with Crippen molar-refractivity contribution in [2.75, 3.05) is 39.3 Å². The number of hydrogen-bond acceptors (Lipinski definition) is 4. The maximum atomic E-state index is 12.6. The van der Waals surface area contributed by atoms with Crippen LogP contribution >= 0.6 is 0 Å².